The Kier molecular flexibility index (Phi) is 5.80. The van der Waals surface area contributed by atoms with E-state index in [9.17, 15) is 4.79 Å². The standard InChI is InChI=1S/C18H16ClN3O3S/c1-11(16(23)20-14-5-3-4-6-15(14)24-2)26-18-22-21-17(25-18)12-7-9-13(19)10-8-12/h3-11H,1-2H3,(H,20,23)/t11-/m0/s1. The maximum Gasteiger partial charge on any atom is 0.277 e. The van der Waals surface area contributed by atoms with Crippen molar-refractivity contribution in [2.75, 3.05) is 12.4 Å². The highest BCUT2D eigenvalue weighted by Gasteiger charge is 2.20. The lowest BCUT2D eigenvalue weighted by atomic mass is 10.2. The number of rotatable bonds is 6. The summed E-state index contributed by atoms with van der Waals surface area (Å²) >= 11 is 7.06. The summed E-state index contributed by atoms with van der Waals surface area (Å²) in [6.45, 7) is 1.77. The van der Waals surface area contributed by atoms with Crippen LogP contribution >= 0.6 is 23.4 Å². The molecule has 1 atom stereocenters. The SMILES string of the molecule is COc1ccccc1NC(=O)[C@H](C)Sc1nnc(-c2ccc(Cl)cc2)o1. The fraction of sp³-hybridized carbons (Fsp3) is 0.167. The smallest absolute Gasteiger partial charge is 0.277 e. The second-order valence-electron chi connectivity index (χ2n) is 5.33. The van der Waals surface area contributed by atoms with Crippen molar-refractivity contribution in [1.29, 1.82) is 0 Å². The van der Waals surface area contributed by atoms with Crippen LogP contribution in [-0.4, -0.2) is 28.5 Å². The molecule has 0 aliphatic rings. The Morgan fingerprint density at radius 1 is 1.19 bits per heavy atom. The van der Waals surface area contributed by atoms with Crippen molar-refractivity contribution >= 4 is 35.0 Å². The van der Waals surface area contributed by atoms with Crippen molar-refractivity contribution in [2.45, 2.75) is 17.4 Å². The fourth-order valence-electron chi connectivity index (χ4n) is 2.15. The predicted octanol–water partition coefficient (Wildman–Crippen LogP) is 4.52. The molecule has 1 amide bonds. The molecular weight excluding hydrogens is 374 g/mol. The molecule has 3 rings (SSSR count). The van der Waals surface area contributed by atoms with E-state index in [0.717, 1.165) is 5.56 Å². The number of hydrogen-bond donors (Lipinski definition) is 1. The maximum absolute atomic E-state index is 12.4. The summed E-state index contributed by atoms with van der Waals surface area (Å²) in [6.07, 6.45) is 0. The van der Waals surface area contributed by atoms with Gasteiger partial charge in [0.25, 0.3) is 5.22 Å². The number of benzene rings is 2. The van der Waals surface area contributed by atoms with E-state index >= 15 is 0 Å². The average molecular weight is 390 g/mol. The van der Waals surface area contributed by atoms with E-state index in [1.165, 1.54) is 11.8 Å². The monoisotopic (exact) mass is 389 g/mol. The normalized spacial score (nSPS) is 11.8. The number of ether oxygens (including phenoxy) is 1. The molecule has 0 saturated heterocycles. The number of methoxy groups -OCH3 is 1. The number of nitrogens with zero attached hydrogens (tertiary/aromatic N) is 2. The molecule has 0 spiro atoms. The maximum atomic E-state index is 12.4. The number of anilines is 1. The third kappa shape index (κ3) is 4.36. The van der Waals surface area contributed by atoms with Crippen LogP contribution in [0, 0.1) is 0 Å². The van der Waals surface area contributed by atoms with Crippen LogP contribution in [0.2, 0.25) is 5.02 Å². The van der Waals surface area contributed by atoms with Crippen molar-refractivity contribution in [1.82, 2.24) is 10.2 Å². The zero-order valence-electron chi connectivity index (χ0n) is 14.1. The molecule has 1 aromatic heterocycles. The van der Waals surface area contributed by atoms with Crippen LogP contribution in [0.1, 0.15) is 6.92 Å². The zero-order valence-corrected chi connectivity index (χ0v) is 15.7. The molecule has 1 heterocycles. The number of carbonyl (C=O) groups excluding carboxylic acids is 1. The minimum atomic E-state index is -0.432. The molecule has 1 N–H and O–H groups in total. The second kappa shape index (κ2) is 8.25. The summed E-state index contributed by atoms with van der Waals surface area (Å²) in [4.78, 5) is 12.4. The third-order valence-corrected chi connectivity index (χ3v) is 4.70. The predicted molar refractivity (Wildman–Crippen MR) is 102 cm³/mol. The first kappa shape index (κ1) is 18.3. The number of nitrogens with one attached hydrogen (secondary N) is 1. The highest BCUT2D eigenvalue weighted by atomic mass is 35.5. The number of para-hydroxylation sites is 2. The summed E-state index contributed by atoms with van der Waals surface area (Å²) in [7, 11) is 1.56. The Balaban J connectivity index is 1.65. The molecule has 0 unspecified atom stereocenters. The Labute approximate surface area is 159 Å². The summed E-state index contributed by atoms with van der Waals surface area (Å²) in [5, 5.41) is 11.3. The molecule has 8 heteroatoms. The van der Waals surface area contributed by atoms with E-state index < -0.39 is 5.25 Å². The van der Waals surface area contributed by atoms with Gasteiger partial charge in [0.05, 0.1) is 18.0 Å². The molecule has 0 bridgehead atoms. The van der Waals surface area contributed by atoms with Crippen molar-refractivity contribution in [3.05, 3.63) is 53.6 Å². The molecule has 26 heavy (non-hydrogen) atoms. The van der Waals surface area contributed by atoms with Gasteiger partial charge in [-0.15, -0.1) is 10.2 Å². The fourth-order valence-corrected chi connectivity index (χ4v) is 2.96. The highest BCUT2D eigenvalue weighted by Crippen LogP contribution is 2.28. The van der Waals surface area contributed by atoms with Crippen molar-refractivity contribution < 1.29 is 13.9 Å². The van der Waals surface area contributed by atoms with Crippen LogP contribution in [-0.2, 0) is 4.79 Å². The minimum Gasteiger partial charge on any atom is -0.495 e. The molecule has 3 aromatic rings. The van der Waals surface area contributed by atoms with Gasteiger partial charge in [-0.25, -0.2) is 0 Å². The lowest BCUT2D eigenvalue weighted by Crippen LogP contribution is -2.22. The molecule has 0 radical (unpaired) electrons. The number of carbonyl (C=O) groups is 1. The van der Waals surface area contributed by atoms with Gasteiger partial charge in [0, 0.05) is 10.6 Å². The van der Waals surface area contributed by atoms with E-state index in [1.54, 1.807) is 50.4 Å². The summed E-state index contributed by atoms with van der Waals surface area (Å²) in [5.41, 5.74) is 1.37. The van der Waals surface area contributed by atoms with Gasteiger partial charge in [0.1, 0.15) is 5.75 Å². The molecule has 0 fully saturated rings. The number of aromatic nitrogens is 2. The van der Waals surface area contributed by atoms with Gasteiger partial charge in [-0.05, 0) is 43.3 Å². The largest absolute Gasteiger partial charge is 0.495 e. The zero-order chi connectivity index (χ0) is 18.5. The van der Waals surface area contributed by atoms with Crippen LogP contribution < -0.4 is 10.1 Å². The Bertz CT molecular complexity index is 899. The molecule has 0 aliphatic heterocycles. The minimum absolute atomic E-state index is 0.189. The van der Waals surface area contributed by atoms with Gasteiger partial charge in [-0.3, -0.25) is 4.79 Å². The van der Waals surface area contributed by atoms with Gasteiger partial charge >= 0.3 is 0 Å². The van der Waals surface area contributed by atoms with Crippen molar-refractivity contribution in [3.63, 3.8) is 0 Å². The van der Waals surface area contributed by atoms with E-state index in [-0.39, 0.29) is 5.91 Å². The second-order valence-corrected chi connectivity index (χ2v) is 7.06. The summed E-state index contributed by atoms with van der Waals surface area (Å²) in [6, 6.07) is 14.3. The molecule has 134 valence electrons. The van der Waals surface area contributed by atoms with Crippen LogP contribution in [0.15, 0.2) is 58.2 Å². The van der Waals surface area contributed by atoms with Crippen LogP contribution in [0.25, 0.3) is 11.5 Å². The number of hydrogen-bond acceptors (Lipinski definition) is 6. The van der Waals surface area contributed by atoms with Gasteiger partial charge in [0.15, 0.2) is 0 Å². The van der Waals surface area contributed by atoms with Crippen LogP contribution in [0.5, 0.6) is 5.75 Å². The summed E-state index contributed by atoms with van der Waals surface area (Å²) in [5.74, 6) is 0.785. The first-order valence-corrected chi connectivity index (χ1v) is 9.02. The van der Waals surface area contributed by atoms with Gasteiger partial charge in [0.2, 0.25) is 11.8 Å². The van der Waals surface area contributed by atoms with E-state index in [2.05, 4.69) is 15.5 Å². The van der Waals surface area contributed by atoms with Crippen molar-refractivity contribution in [3.8, 4) is 17.2 Å². The van der Waals surface area contributed by atoms with Gasteiger partial charge < -0.3 is 14.5 Å². The van der Waals surface area contributed by atoms with Gasteiger partial charge in [-0.1, -0.05) is 35.5 Å². The molecular formula is C18H16ClN3O3S. The summed E-state index contributed by atoms with van der Waals surface area (Å²) < 4.78 is 10.9. The van der Waals surface area contributed by atoms with Crippen molar-refractivity contribution in [2.24, 2.45) is 0 Å². The lowest BCUT2D eigenvalue weighted by Gasteiger charge is -2.12. The highest BCUT2D eigenvalue weighted by molar-refractivity contribution is 8.00. The molecule has 2 aromatic carbocycles. The average Bonchev–Trinajstić information content (AvgIpc) is 3.11. The Morgan fingerprint density at radius 2 is 1.92 bits per heavy atom. The first-order chi connectivity index (χ1) is 12.6. The quantitative estimate of drug-likeness (QED) is 0.624. The lowest BCUT2D eigenvalue weighted by molar-refractivity contribution is -0.115. The van der Waals surface area contributed by atoms with Crippen LogP contribution in [0.4, 0.5) is 5.69 Å². The topological polar surface area (TPSA) is 77.2 Å². The number of halogens is 1. The molecule has 0 saturated carbocycles. The Morgan fingerprint density at radius 3 is 2.65 bits per heavy atom. The van der Waals surface area contributed by atoms with E-state index in [1.807, 2.05) is 12.1 Å². The van der Waals surface area contributed by atoms with Crippen LogP contribution in [0.3, 0.4) is 0 Å². The van der Waals surface area contributed by atoms with E-state index in [4.69, 9.17) is 20.8 Å². The molecule has 6 nitrogen and oxygen atoms in total. The van der Waals surface area contributed by atoms with Gasteiger partial charge in [-0.2, -0.15) is 0 Å². The third-order valence-electron chi connectivity index (χ3n) is 3.51. The molecule has 0 aliphatic carbocycles. The number of thioether (sulfide) groups is 1. The number of amides is 1. The Hall–Kier alpha value is -2.51. The van der Waals surface area contributed by atoms with E-state index in [0.29, 0.717) is 27.6 Å². The first-order valence-electron chi connectivity index (χ1n) is 7.77.